The Morgan fingerprint density at radius 3 is 2.47 bits per heavy atom. The van der Waals surface area contributed by atoms with Gasteiger partial charge in [-0.1, -0.05) is 12.1 Å². The fourth-order valence-corrected chi connectivity index (χ4v) is 2.13. The predicted octanol–water partition coefficient (Wildman–Crippen LogP) is 0.977. The smallest absolute Gasteiger partial charge is 0.211 e. The SMILES string of the molecule is CCS(=O)(=O)NCCCNCc1ccc(C#N)cc1. The van der Waals surface area contributed by atoms with E-state index < -0.39 is 10.0 Å². The molecule has 0 fully saturated rings. The van der Waals surface area contributed by atoms with Crippen molar-refractivity contribution in [2.45, 2.75) is 19.9 Å². The quantitative estimate of drug-likeness (QED) is 0.696. The lowest BCUT2D eigenvalue weighted by Gasteiger charge is -2.06. The average Bonchev–Trinajstić information content (AvgIpc) is 2.43. The fraction of sp³-hybridized carbons (Fsp3) is 0.462. The van der Waals surface area contributed by atoms with Crippen LogP contribution in [0.5, 0.6) is 0 Å². The van der Waals surface area contributed by atoms with Crippen LogP contribution in [-0.4, -0.2) is 27.3 Å². The molecular weight excluding hydrogens is 262 g/mol. The van der Waals surface area contributed by atoms with E-state index in [1.54, 1.807) is 19.1 Å². The van der Waals surface area contributed by atoms with Crippen molar-refractivity contribution in [2.75, 3.05) is 18.8 Å². The van der Waals surface area contributed by atoms with Gasteiger partial charge in [-0.2, -0.15) is 5.26 Å². The maximum atomic E-state index is 11.2. The second-order valence-electron chi connectivity index (χ2n) is 4.14. The maximum Gasteiger partial charge on any atom is 0.211 e. The van der Waals surface area contributed by atoms with E-state index in [1.807, 2.05) is 12.1 Å². The van der Waals surface area contributed by atoms with Crippen LogP contribution in [0, 0.1) is 11.3 Å². The first-order valence-corrected chi connectivity index (χ1v) is 7.89. The Balaban J connectivity index is 2.16. The normalized spacial score (nSPS) is 11.2. The molecule has 0 aromatic heterocycles. The minimum absolute atomic E-state index is 0.117. The van der Waals surface area contributed by atoms with Crippen LogP contribution < -0.4 is 10.0 Å². The van der Waals surface area contributed by atoms with E-state index in [4.69, 9.17) is 5.26 Å². The summed E-state index contributed by atoms with van der Waals surface area (Å²) in [7, 11) is -3.07. The summed E-state index contributed by atoms with van der Waals surface area (Å²) in [4.78, 5) is 0. The van der Waals surface area contributed by atoms with Gasteiger partial charge in [0.2, 0.25) is 10.0 Å². The van der Waals surface area contributed by atoms with E-state index in [9.17, 15) is 8.42 Å². The number of benzene rings is 1. The highest BCUT2D eigenvalue weighted by molar-refractivity contribution is 7.89. The Kier molecular flexibility index (Phi) is 6.50. The molecular formula is C13H19N3O2S. The molecule has 0 aliphatic rings. The van der Waals surface area contributed by atoms with Crippen molar-refractivity contribution in [1.82, 2.24) is 10.0 Å². The van der Waals surface area contributed by atoms with E-state index in [-0.39, 0.29) is 5.75 Å². The topological polar surface area (TPSA) is 82.0 Å². The minimum atomic E-state index is -3.07. The number of hydrogen-bond donors (Lipinski definition) is 2. The van der Waals surface area contributed by atoms with Crippen LogP contribution in [-0.2, 0) is 16.6 Å². The summed E-state index contributed by atoms with van der Waals surface area (Å²) in [6.07, 6.45) is 0.746. The summed E-state index contributed by atoms with van der Waals surface area (Å²) in [5, 5.41) is 11.9. The van der Waals surface area contributed by atoms with Crippen LogP contribution in [0.4, 0.5) is 0 Å². The summed E-state index contributed by atoms with van der Waals surface area (Å²) in [5.41, 5.74) is 1.76. The molecule has 1 rings (SSSR count). The van der Waals surface area contributed by atoms with Gasteiger partial charge in [0.15, 0.2) is 0 Å². The Morgan fingerprint density at radius 1 is 1.21 bits per heavy atom. The van der Waals surface area contributed by atoms with Gasteiger partial charge in [0, 0.05) is 13.1 Å². The minimum Gasteiger partial charge on any atom is -0.313 e. The van der Waals surface area contributed by atoms with Crippen LogP contribution in [0.25, 0.3) is 0 Å². The van der Waals surface area contributed by atoms with Gasteiger partial charge in [-0.3, -0.25) is 0 Å². The largest absolute Gasteiger partial charge is 0.313 e. The van der Waals surface area contributed by atoms with Crippen molar-refractivity contribution in [1.29, 1.82) is 5.26 Å². The molecule has 0 bridgehead atoms. The number of nitrogens with one attached hydrogen (secondary N) is 2. The van der Waals surface area contributed by atoms with Gasteiger partial charge >= 0.3 is 0 Å². The Morgan fingerprint density at radius 2 is 1.89 bits per heavy atom. The monoisotopic (exact) mass is 281 g/mol. The maximum absolute atomic E-state index is 11.2. The van der Waals surface area contributed by atoms with E-state index >= 15 is 0 Å². The summed E-state index contributed by atoms with van der Waals surface area (Å²) < 4.78 is 24.8. The number of nitriles is 1. The van der Waals surface area contributed by atoms with Crippen LogP contribution >= 0.6 is 0 Å². The molecule has 0 radical (unpaired) electrons. The summed E-state index contributed by atoms with van der Waals surface area (Å²) in [6, 6.07) is 9.46. The lowest BCUT2D eigenvalue weighted by atomic mass is 10.1. The highest BCUT2D eigenvalue weighted by Gasteiger charge is 2.03. The summed E-state index contributed by atoms with van der Waals surface area (Å²) >= 11 is 0. The van der Waals surface area contributed by atoms with Crippen molar-refractivity contribution < 1.29 is 8.42 Å². The van der Waals surface area contributed by atoms with Gasteiger partial charge in [-0.15, -0.1) is 0 Å². The number of nitrogens with zero attached hydrogens (tertiary/aromatic N) is 1. The Hall–Kier alpha value is -1.42. The van der Waals surface area contributed by atoms with Gasteiger partial charge in [-0.25, -0.2) is 13.1 Å². The molecule has 0 saturated heterocycles. The molecule has 2 N–H and O–H groups in total. The summed E-state index contributed by atoms with van der Waals surface area (Å²) in [6.45, 7) is 3.53. The van der Waals surface area contributed by atoms with Crippen molar-refractivity contribution in [3.8, 4) is 6.07 Å². The van der Waals surface area contributed by atoms with E-state index in [1.165, 1.54) is 0 Å². The van der Waals surface area contributed by atoms with Gasteiger partial charge in [0.25, 0.3) is 0 Å². The van der Waals surface area contributed by atoms with Gasteiger partial charge in [-0.05, 0) is 37.6 Å². The second kappa shape index (κ2) is 7.89. The van der Waals surface area contributed by atoms with Crippen LogP contribution in [0.15, 0.2) is 24.3 Å². The first-order chi connectivity index (χ1) is 9.07. The van der Waals surface area contributed by atoms with Crippen LogP contribution in [0.1, 0.15) is 24.5 Å². The van der Waals surface area contributed by atoms with Crippen molar-refractivity contribution in [2.24, 2.45) is 0 Å². The molecule has 1 aromatic rings. The standard InChI is InChI=1S/C13H19N3O2S/c1-2-19(17,18)16-9-3-8-15-11-13-6-4-12(10-14)5-7-13/h4-7,15-16H,2-3,8-9,11H2,1H3. The molecule has 104 valence electrons. The molecule has 0 heterocycles. The van der Waals surface area contributed by atoms with Gasteiger partial charge in [0.05, 0.1) is 17.4 Å². The predicted molar refractivity (Wildman–Crippen MR) is 74.9 cm³/mol. The highest BCUT2D eigenvalue weighted by atomic mass is 32.2. The zero-order valence-corrected chi connectivity index (χ0v) is 11.8. The van der Waals surface area contributed by atoms with E-state index in [0.717, 1.165) is 18.5 Å². The zero-order valence-electron chi connectivity index (χ0n) is 11.0. The van der Waals surface area contributed by atoms with E-state index in [0.29, 0.717) is 18.7 Å². The molecule has 0 spiro atoms. The number of sulfonamides is 1. The molecule has 0 aliphatic carbocycles. The molecule has 5 nitrogen and oxygen atoms in total. The Labute approximate surface area is 114 Å². The summed E-state index contributed by atoms with van der Waals surface area (Å²) in [5.74, 6) is 0.117. The molecule has 0 saturated carbocycles. The van der Waals surface area contributed by atoms with E-state index in [2.05, 4.69) is 16.1 Å². The number of rotatable bonds is 8. The molecule has 1 aromatic carbocycles. The third kappa shape index (κ3) is 6.34. The van der Waals surface area contributed by atoms with Crippen molar-refractivity contribution in [3.63, 3.8) is 0 Å². The van der Waals surface area contributed by atoms with Crippen molar-refractivity contribution >= 4 is 10.0 Å². The lowest BCUT2D eigenvalue weighted by Crippen LogP contribution is -2.28. The third-order valence-electron chi connectivity index (χ3n) is 2.64. The lowest BCUT2D eigenvalue weighted by molar-refractivity contribution is 0.574. The number of hydrogen-bond acceptors (Lipinski definition) is 4. The molecule has 0 aliphatic heterocycles. The Bertz CT molecular complexity index is 518. The van der Waals surface area contributed by atoms with Crippen LogP contribution in [0.2, 0.25) is 0 Å². The van der Waals surface area contributed by atoms with Gasteiger partial charge < -0.3 is 5.32 Å². The average molecular weight is 281 g/mol. The zero-order chi connectivity index (χ0) is 14.1. The molecule has 0 unspecified atom stereocenters. The molecule has 0 atom stereocenters. The van der Waals surface area contributed by atoms with Gasteiger partial charge in [0.1, 0.15) is 0 Å². The van der Waals surface area contributed by atoms with Crippen molar-refractivity contribution in [3.05, 3.63) is 35.4 Å². The molecule has 6 heteroatoms. The second-order valence-corrected chi connectivity index (χ2v) is 6.23. The first kappa shape index (κ1) is 15.6. The first-order valence-electron chi connectivity index (χ1n) is 6.24. The molecule has 19 heavy (non-hydrogen) atoms. The highest BCUT2D eigenvalue weighted by Crippen LogP contribution is 2.02. The third-order valence-corrected chi connectivity index (χ3v) is 4.05. The molecule has 0 amide bonds. The fourth-order valence-electron chi connectivity index (χ4n) is 1.47. The van der Waals surface area contributed by atoms with Crippen LogP contribution in [0.3, 0.4) is 0 Å².